The smallest absolute Gasteiger partial charge is 0.0207 e. The minimum Gasteiger partial charge on any atom is -0.330 e. The molecule has 2 heteroatoms. The predicted molar refractivity (Wildman–Crippen MR) is 77.4 cm³/mol. The van der Waals surface area contributed by atoms with Crippen molar-refractivity contribution in [1.82, 2.24) is 0 Å². The van der Waals surface area contributed by atoms with Crippen LogP contribution in [0.4, 0.5) is 0 Å². The lowest BCUT2D eigenvalue weighted by atomic mass is 9.67. The number of aryl methyl sites for hydroxylation is 1. The third-order valence-electron chi connectivity index (χ3n) is 4.34. The highest BCUT2D eigenvalue weighted by Crippen LogP contribution is 2.42. The molecule has 1 saturated carbocycles. The molecule has 1 aromatic rings. The van der Waals surface area contributed by atoms with Crippen LogP contribution in [-0.4, -0.2) is 6.54 Å². The Morgan fingerprint density at radius 3 is 2.41 bits per heavy atom. The fourth-order valence-corrected chi connectivity index (χ4v) is 3.75. The fourth-order valence-electron chi connectivity index (χ4n) is 3.42. The van der Waals surface area contributed by atoms with E-state index in [4.69, 9.17) is 5.73 Å². The van der Waals surface area contributed by atoms with E-state index in [2.05, 4.69) is 41.9 Å². The first-order valence-electron chi connectivity index (χ1n) is 6.57. The van der Waals surface area contributed by atoms with Crippen LogP contribution in [0.1, 0.15) is 48.8 Å². The summed E-state index contributed by atoms with van der Waals surface area (Å²) in [4.78, 5) is 0. The van der Waals surface area contributed by atoms with Crippen LogP contribution in [0, 0.1) is 13.8 Å². The van der Waals surface area contributed by atoms with Gasteiger partial charge in [0.05, 0.1) is 0 Å². The maximum absolute atomic E-state index is 6.14. The lowest BCUT2D eigenvalue weighted by Crippen LogP contribution is -2.38. The Kier molecular flexibility index (Phi) is 3.94. The molecule has 1 nitrogen and oxygen atoms in total. The van der Waals surface area contributed by atoms with Gasteiger partial charge in [-0.1, -0.05) is 41.3 Å². The van der Waals surface area contributed by atoms with Gasteiger partial charge in [0.2, 0.25) is 0 Å². The molecule has 0 unspecified atom stereocenters. The Morgan fingerprint density at radius 2 is 1.82 bits per heavy atom. The van der Waals surface area contributed by atoms with Gasteiger partial charge in [0.15, 0.2) is 0 Å². The number of benzene rings is 1. The van der Waals surface area contributed by atoms with Crippen molar-refractivity contribution in [3.8, 4) is 0 Å². The van der Waals surface area contributed by atoms with Crippen molar-refractivity contribution in [1.29, 1.82) is 0 Å². The SMILES string of the molecule is Cc1ccc(Br)c(C)c1C1(CN)CCCCC1. The summed E-state index contributed by atoms with van der Waals surface area (Å²) < 4.78 is 1.22. The minimum absolute atomic E-state index is 0.232. The van der Waals surface area contributed by atoms with E-state index < -0.39 is 0 Å². The van der Waals surface area contributed by atoms with Gasteiger partial charge in [0.25, 0.3) is 0 Å². The summed E-state index contributed by atoms with van der Waals surface area (Å²) in [6, 6.07) is 4.37. The standard InChI is InChI=1S/C15H22BrN/c1-11-6-7-13(16)12(2)14(11)15(10-17)8-4-3-5-9-15/h6-7H,3-5,8-10,17H2,1-2H3. The molecular weight excluding hydrogens is 274 g/mol. The number of halogens is 1. The summed E-state index contributed by atoms with van der Waals surface area (Å²) in [5.41, 5.74) is 10.7. The van der Waals surface area contributed by atoms with E-state index in [-0.39, 0.29) is 5.41 Å². The highest BCUT2D eigenvalue weighted by Gasteiger charge is 2.35. The zero-order valence-corrected chi connectivity index (χ0v) is 12.4. The summed E-state index contributed by atoms with van der Waals surface area (Å²) in [6.45, 7) is 5.23. The maximum Gasteiger partial charge on any atom is 0.0207 e. The van der Waals surface area contributed by atoms with E-state index in [0.717, 1.165) is 6.54 Å². The predicted octanol–water partition coefficient (Wildman–Crippen LogP) is 4.23. The molecule has 0 saturated heterocycles. The second-order valence-electron chi connectivity index (χ2n) is 5.41. The zero-order chi connectivity index (χ0) is 12.5. The molecule has 1 aliphatic carbocycles. The molecule has 2 N–H and O–H groups in total. The maximum atomic E-state index is 6.14. The largest absolute Gasteiger partial charge is 0.330 e. The Balaban J connectivity index is 2.53. The van der Waals surface area contributed by atoms with Gasteiger partial charge in [0, 0.05) is 16.4 Å². The van der Waals surface area contributed by atoms with Crippen LogP contribution in [0.25, 0.3) is 0 Å². The van der Waals surface area contributed by atoms with Gasteiger partial charge < -0.3 is 5.73 Å². The van der Waals surface area contributed by atoms with Crippen molar-refractivity contribution in [3.05, 3.63) is 33.3 Å². The summed E-state index contributed by atoms with van der Waals surface area (Å²) in [5, 5.41) is 0. The second-order valence-corrected chi connectivity index (χ2v) is 6.26. The van der Waals surface area contributed by atoms with Crippen molar-refractivity contribution in [2.75, 3.05) is 6.54 Å². The van der Waals surface area contributed by atoms with Crippen molar-refractivity contribution < 1.29 is 0 Å². The van der Waals surface area contributed by atoms with Crippen LogP contribution >= 0.6 is 15.9 Å². The lowest BCUT2D eigenvalue weighted by Gasteiger charge is -2.39. The Bertz CT molecular complexity index is 406. The molecule has 1 aromatic carbocycles. The summed E-state index contributed by atoms with van der Waals surface area (Å²) in [6.07, 6.45) is 6.52. The molecule has 0 radical (unpaired) electrons. The summed E-state index contributed by atoms with van der Waals surface area (Å²) in [7, 11) is 0. The molecule has 0 heterocycles. The van der Waals surface area contributed by atoms with E-state index >= 15 is 0 Å². The first kappa shape index (κ1) is 13.1. The minimum atomic E-state index is 0.232. The Morgan fingerprint density at radius 1 is 1.18 bits per heavy atom. The highest BCUT2D eigenvalue weighted by atomic mass is 79.9. The summed E-state index contributed by atoms with van der Waals surface area (Å²) >= 11 is 3.66. The normalized spacial score (nSPS) is 19.3. The molecule has 0 spiro atoms. The molecular formula is C15H22BrN. The van der Waals surface area contributed by atoms with E-state index in [0.29, 0.717) is 0 Å². The molecule has 1 aliphatic rings. The first-order valence-corrected chi connectivity index (χ1v) is 7.36. The van der Waals surface area contributed by atoms with E-state index in [1.807, 2.05) is 0 Å². The van der Waals surface area contributed by atoms with E-state index in [1.54, 1.807) is 0 Å². The number of rotatable bonds is 2. The Hall–Kier alpha value is -0.340. The van der Waals surface area contributed by atoms with Gasteiger partial charge in [-0.2, -0.15) is 0 Å². The lowest BCUT2D eigenvalue weighted by molar-refractivity contribution is 0.298. The fraction of sp³-hybridized carbons (Fsp3) is 0.600. The van der Waals surface area contributed by atoms with Gasteiger partial charge >= 0.3 is 0 Å². The quantitative estimate of drug-likeness (QED) is 0.868. The molecule has 2 rings (SSSR count). The first-order chi connectivity index (χ1) is 8.10. The Labute approximate surface area is 113 Å². The van der Waals surface area contributed by atoms with E-state index in [1.165, 1.54) is 53.3 Å². The second kappa shape index (κ2) is 5.11. The van der Waals surface area contributed by atoms with Crippen molar-refractivity contribution >= 4 is 15.9 Å². The van der Waals surface area contributed by atoms with Crippen LogP contribution < -0.4 is 5.73 Å². The van der Waals surface area contributed by atoms with Crippen LogP contribution in [-0.2, 0) is 5.41 Å². The van der Waals surface area contributed by atoms with Crippen molar-refractivity contribution in [2.24, 2.45) is 5.73 Å². The van der Waals surface area contributed by atoms with Crippen LogP contribution in [0.2, 0.25) is 0 Å². The third-order valence-corrected chi connectivity index (χ3v) is 5.20. The number of hydrogen-bond donors (Lipinski definition) is 1. The average molecular weight is 296 g/mol. The van der Waals surface area contributed by atoms with Crippen molar-refractivity contribution in [3.63, 3.8) is 0 Å². The molecule has 0 aliphatic heterocycles. The van der Waals surface area contributed by atoms with Crippen LogP contribution in [0.5, 0.6) is 0 Å². The third kappa shape index (κ3) is 2.30. The van der Waals surface area contributed by atoms with Crippen LogP contribution in [0.15, 0.2) is 16.6 Å². The summed E-state index contributed by atoms with van der Waals surface area (Å²) in [5.74, 6) is 0. The topological polar surface area (TPSA) is 26.0 Å². The molecule has 0 atom stereocenters. The van der Waals surface area contributed by atoms with Gasteiger partial charge in [-0.15, -0.1) is 0 Å². The van der Waals surface area contributed by atoms with Gasteiger partial charge in [0.1, 0.15) is 0 Å². The molecule has 0 bridgehead atoms. The van der Waals surface area contributed by atoms with Crippen LogP contribution in [0.3, 0.4) is 0 Å². The number of nitrogens with two attached hydrogens (primary N) is 1. The number of hydrogen-bond acceptors (Lipinski definition) is 1. The van der Waals surface area contributed by atoms with Crippen molar-refractivity contribution in [2.45, 2.75) is 51.4 Å². The average Bonchev–Trinajstić information content (AvgIpc) is 2.35. The molecule has 0 aromatic heterocycles. The molecule has 1 fully saturated rings. The highest BCUT2D eigenvalue weighted by molar-refractivity contribution is 9.10. The zero-order valence-electron chi connectivity index (χ0n) is 10.9. The van der Waals surface area contributed by atoms with Gasteiger partial charge in [-0.3, -0.25) is 0 Å². The van der Waals surface area contributed by atoms with Gasteiger partial charge in [-0.25, -0.2) is 0 Å². The molecule has 94 valence electrons. The monoisotopic (exact) mass is 295 g/mol. The van der Waals surface area contributed by atoms with E-state index in [9.17, 15) is 0 Å². The molecule has 0 amide bonds. The molecule has 17 heavy (non-hydrogen) atoms. The van der Waals surface area contributed by atoms with Gasteiger partial charge in [-0.05, 0) is 49.4 Å².